The zero-order valence-corrected chi connectivity index (χ0v) is 21.5. The number of benzene rings is 2. The standard InChI is InChI=1S/C27H31ClN6O2/c1-27(2)23-18(5-4-6-21(23)32-25(27)35)14-30-24-19(28)15-31-26(34-24)33-20-8-7-17(13-22(20)36-3)16-9-11-29-12-10-16/h4-8,13,15-16,29H,9-12,14H2,1-3H3,(H,32,35)(H2,30,31,33,34). The van der Waals surface area contributed by atoms with Gasteiger partial charge in [0, 0.05) is 12.2 Å². The van der Waals surface area contributed by atoms with Gasteiger partial charge in [0.25, 0.3) is 0 Å². The van der Waals surface area contributed by atoms with Crippen molar-refractivity contribution in [3.63, 3.8) is 0 Å². The number of carbonyl (C=O) groups excluding carboxylic acids is 1. The molecular formula is C27H31ClN6O2. The number of ether oxygens (including phenoxy) is 1. The van der Waals surface area contributed by atoms with E-state index in [-0.39, 0.29) is 5.91 Å². The Hall–Kier alpha value is -3.36. The third-order valence-electron chi connectivity index (χ3n) is 7.06. The first kappa shape index (κ1) is 24.3. The molecule has 1 saturated heterocycles. The van der Waals surface area contributed by atoms with Gasteiger partial charge in [-0.3, -0.25) is 4.79 Å². The molecule has 1 amide bonds. The van der Waals surface area contributed by atoms with E-state index in [1.807, 2.05) is 38.1 Å². The molecule has 1 aromatic heterocycles. The monoisotopic (exact) mass is 506 g/mol. The largest absolute Gasteiger partial charge is 0.495 e. The predicted molar refractivity (Wildman–Crippen MR) is 144 cm³/mol. The van der Waals surface area contributed by atoms with Crippen LogP contribution in [0.15, 0.2) is 42.6 Å². The number of carbonyl (C=O) groups is 1. The van der Waals surface area contributed by atoms with Crippen LogP contribution in [-0.2, 0) is 16.8 Å². The molecule has 2 aromatic carbocycles. The summed E-state index contributed by atoms with van der Waals surface area (Å²) in [6.45, 7) is 6.41. The van der Waals surface area contributed by atoms with Crippen LogP contribution < -0.4 is 26.0 Å². The zero-order valence-electron chi connectivity index (χ0n) is 20.7. The fourth-order valence-electron chi connectivity index (χ4n) is 5.05. The SMILES string of the molecule is COc1cc(C2CCNCC2)ccc1Nc1ncc(Cl)c(NCc2cccc3c2C(C)(C)C(=O)N3)n1. The molecule has 8 nitrogen and oxygen atoms in total. The molecule has 9 heteroatoms. The number of rotatable bonds is 7. The van der Waals surface area contributed by atoms with Gasteiger partial charge in [-0.2, -0.15) is 4.98 Å². The highest BCUT2D eigenvalue weighted by Gasteiger charge is 2.39. The van der Waals surface area contributed by atoms with E-state index in [0.29, 0.717) is 29.3 Å². The van der Waals surface area contributed by atoms with Gasteiger partial charge in [-0.05, 0) is 80.6 Å². The van der Waals surface area contributed by atoms with Crippen LogP contribution in [0.5, 0.6) is 5.75 Å². The van der Waals surface area contributed by atoms with Crippen molar-refractivity contribution in [2.45, 2.75) is 44.6 Å². The average molecular weight is 507 g/mol. The van der Waals surface area contributed by atoms with Crippen molar-refractivity contribution in [3.05, 3.63) is 64.3 Å². The summed E-state index contributed by atoms with van der Waals surface area (Å²) >= 11 is 6.42. The molecule has 1 fully saturated rings. The summed E-state index contributed by atoms with van der Waals surface area (Å²) < 4.78 is 5.67. The first-order valence-electron chi connectivity index (χ1n) is 12.2. The Bertz CT molecular complexity index is 1290. The number of fused-ring (bicyclic) bond motifs is 1. The predicted octanol–water partition coefficient (Wildman–Crippen LogP) is 5.19. The number of halogens is 1. The number of nitrogens with one attached hydrogen (secondary N) is 4. The smallest absolute Gasteiger partial charge is 0.234 e. The molecule has 188 valence electrons. The van der Waals surface area contributed by atoms with E-state index in [4.69, 9.17) is 16.3 Å². The van der Waals surface area contributed by atoms with Crippen LogP contribution in [0.3, 0.4) is 0 Å². The first-order valence-corrected chi connectivity index (χ1v) is 12.6. The summed E-state index contributed by atoms with van der Waals surface area (Å²) in [5.74, 6) is 2.19. The van der Waals surface area contributed by atoms with Gasteiger partial charge in [-0.1, -0.05) is 29.8 Å². The van der Waals surface area contributed by atoms with Crippen LogP contribution in [-0.4, -0.2) is 36.1 Å². The topological polar surface area (TPSA) is 100 Å². The lowest BCUT2D eigenvalue weighted by molar-refractivity contribution is -0.119. The molecule has 2 aliphatic rings. The number of amides is 1. The lowest BCUT2D eigenvalue weighted by atomic mass is 9.83. The van der Waals surface area contributed by atoms with E-state index >= 15 is 0 Å². The molecule has 3 aromatic rings. The number of hydrogen-bond acceptors (Lipinski definition) is 7. The molecule has 0 unspecified atom stereocenters. The van der Waals surface area contributed by atoms with Gasteiger partial charge in [-0.15, -0.1) is 0 Å². The first-order chi connectivity index (χ1) is 17.4. The third kappa shape index (κ3) is 4.70. The molecule has 0 atom stereocenters. The highest BCUT2D eigenvalue weighted by atomic mass is 35.5. The zero-order chi connectivity index (χ0) is 25.3. The van der Waals surface area contributed by atoms with Crippen molar-refractivity contribution in [1.29, 1.82) is 0 Å². The van der Waals surface area contributed by atoms with Gasteiger partial charge in [0.05, 0.1) is 24.4 Å². The molecule has 3 heterocycles. The van der Waals surface area contributed by atoms with Crippen molar-refractivity contribution in [1.82, 2.24) is 15.3 Å². The highest BCUT2D eigenvalue weighted by molar-refractivity contribution is 6.32. The van der Waals surface area contributed by atoms with E-state index in [0.717, 1.165) is 54.2 Å². The maximum absolute atomic E-state index is 12.4. The minimum atomic E-state index is -0.605. The Morgan fingerprint density at radius 2 is 2.00 bits per heavy atom. The third-order valence-corrected chi connectivity index (χ3v) is 7.34. The van der Waals surface area contributed by atoms with Gasteiger partial charge < -0.3 is 26.0 Å². The number of nitrogens with zero attached hydrogens (tertiary/aromatic N) is 2. The second-order valence-corrected chi connectivity index (χ2v) is 10.2. The van der Waals surface area contributed by atoms with Crippen molar-refractivity contribution in [3.8, 4) is 5.75 Å². The molecule has 0 spiro atoms. The Morgan fingerprint density at radius 3 is 2.78 bits per heavy atom. The minimum Gasteiger partial charge on any atom is -0.495 e. The van der Waals surface area contributed by atoms with Gasteiger partial charge in [0.1, 0.15) is 10.8 Å². The summed E-state index contributed by atoms with van der Waals surface area (Å²) in [7, 11) is 1.67. The lowest BCUT2D eigenvalue weighted by Gasteiger charge is -2.24. The van der Waals surface area contributed by atoms with Gasteiger partial charge >= 0.3 is 0 Å². The second-order valence-electron chi connectivity index (χ2n) is 9.77. The van der Waals surface area contributed by atoms with Crippen molar-refractivity contribution in [2.75, 3.05) is 36.1 Å². The maximum atomic E-state index is 12.4. The number of anilines is 4. The van der Waals surface area contributed by atoms with E-state index in [9.17, 15) is 4.79 Å². The number of aromatic nitrogens is 2. The molecular weight excluding hydrogens is 476 g/mol. The summed E-state index contributed by atoms with van der Waals surface area (Å²) in [4.78, 5) is 21.4. The Kier molecular flexibility index (Phi) is 6.73. The van der Waals surface area contributed by atoms with Crippen molar-refractivity contribution >= 4 is 40.6 Å². The van der Waals surface area contributed by atoms with Crippen LogP contribution in [0.2, 0.25) is 5.02 Å². The van der Waals surface area contributed by atoms with Crippen LogP contribution >= 0.6 is 11.6 Å². The number of hydrogen-bond donors (Lipinski definition) is 4. The minimum absolute atomic E-state index is 0.00313. The summed E-state index contributed by atoms with van der Waals surface area (Å²) in [5, 5.41) is 13.4. The van der Waals surface area contributed by atoms with Gasteiger partial charge in [0.2, 0.25) is 11.9 Å². The molecule has 5 rings (SSSR count). The lowest BCUT2D eigenvalue weighted by Crippen LogP contribution is -2.28. The maximum Gasteiger partial charge on any atom is 0.234 e. The molecule has 0 bridgehead atoms. The summed E-state index contributed by atoms with van der Waals surface area (Å²) in [6, 6.07) is 12.1. The fourth-order valence-corrected chi connectivity index (χ4v) is 5.21. The normalized spacial score (nSPS) is 16.8. The van der Waals surface area contributed by atoms with Crippen LogP contribution in [0.25, 0.3) is 0 Å². The van der Waals surface area contributed by atoms with Gasteiger partial charge in [-0.25, -0.2) is 4.98 Å². The van der Waals surface area contributed by atoms with Crippen molar-refractivity contribution in [2.24, 2.45) is 0 Å². The van der Waals surface area contributed by atoms with E-state index in [2.05, 4.69) is 43.4 Å². The Labute approximate surface area is 216 Å². The molecule has 36 heavy (non-hydrogen) atoms. The van der Waals surface area contributed by atoms with Crippen LogP contribution in [0, 0.1) is 0 Å². The van der Waals surface area contributed by atoms with Crippen LogP contribution in [0.4, 0.5) is 23.1 Å². The van der Waals surface area contributed by atoms with Gasteiger partial charge in [0.15, 0.2) is 5.82 Å². The second kappa shape index (κ2) is 9.95. The van der Waals surface area contributed by atoms with Crippen LogP contribution in [0.1, 0.15) is 49.3 Å². The van der Waals surface area contributed by atoms with E-state index < -0.39 is 5.41 Å². The molecule has 0 aliphatic carbocycles. The quantitative estimate of drug-likeness (QED) is 0.350. The molecule has 0 radical (unpaired) electrons. The average Bonchev–Trinajstić information content (AvgIpc) is 3.13. The molecule has 2 aliphatic heterocycles. The summed E-state index contributed by atoms with van der Waals surface area (Å²) in [6.07, 6.45) is 3.81. The Balaban J connectivity index is 1.34. The van der Waals surface area contributed by atoms with E-state index in [1.165, 1.54) is 5.56 Å². The highest BCUT2D eigenvalue weighted by Crippen LogP contribution is 2.40. The molecule has 0 saturated carbocycles. The summed E-state index contributed by atoms with van der Waals surface area (Å²) in [5.41, 5.74) is 4.31. The number of methoxy groups -OCH3 is 1. The fraction of sp³-hybridized carbons (Fsp3) is 0.370. The van der Waals surface area contributed by atoms with Crippen molar-refractivity contribution < 1.29 is 9.53 Å². The number of piperidine rings is 1. The Morgan fingerprint density at radius 1 is 1.19 bits per heavy atom. The van der Waals surface area contributed by atoms with E-state index in [1.54, 1.807) is 13.3 Å². The molecule has 4 N–H and O–H groups in total.